The van der Waals surface area contributed by atoms with Gasteiger partial charge in [0.2, 0.25) is 0 Å². The van der Waals surface area contributed by atoms with Gasteiger partial charge in [0.05, 0.1) is 0 Å². The number of hydrogen-bond acceptors (Lipinski definition) is 2. The second kappa shape index (κ2) is 8.12. The molecule has 0 aromatic heterocycles. The van der Waals surface area contributed by atoms with Gasteiger partial charge in [0.25, 0.3) is 0 Å². The van der Waals surface area contributed by atoms with Crippen LogP contribution >= 0.6 is 0 Å². The fourth-order valence-electron chi connectivity index (χ4n) is 2.26. The summed E-state index contributed by atoms with van der Waals surface area (Å²) in [4.78, 5) is 2.60. The third kappa shape index (κ3) is 6.16. The zero-order valence-corrected chi connectivity index (χ0v) is 10.6. The highest BCUT2D eigenvalue weighted by atomic mass is 15.1. The average molecular weight is 212 g/mol. The Morgan fingerprint density at radius 3 is 2.60 bits per heavy atom. The van der Waals surface area contributed by atoms with E-state index in [9.17, 15) is 0 Å². The molecule has 1 fully saturated rings. The van der Waals surface area contributed by atoms with Gasteiger partial charge in [0.1, 0.15) is 0 Å². The summed E-state index contributed by atoms with van der Waals surface area (Å²) in [5.41, 5.74) is 0. The van der Waals surface area contributed by atoms with Gasteiger partial charge in [0, 0.05) is 19.1 Å². The van der Waals surface area contributed by atoms with Crippen LogP contribution in [0, 0.1) is 0 Å². The van der Waals surface area contributed by atoms with Crippen molar-refractivity contribution in [3.05, 3.63) is 0 Å². The van der Waals surface area contributed by atoms with Crippen molar-refractivity contribution in [2.45, 2.75) is 58.4 Å². The second-order valence-electron chi connectivity index (χ2n) is 4.90. The number of nitrogens with zero attached hydrogens (tertiary/aromatic N) is 1. The quantitative estimate of drug-likeness (QED) is 0.698. The molecule has 15 heavy (non-hydrogen) atoms. The molecule has 1 unspecified atom stereocenters. The van der Waals surface area contributed by atoms with Crippen molar-refractivity contribution in [3.63, 3.8) is 0 Å². The lowest BCUT2D eigenvalue weighted by Crippen LogP contribution is -2.38. The minimum absolute atomic E-state index is 0.703. The van der Waals surface area contributed by atoms with Crippen LogP contribution in [0.4, 0.5) is 0 Å². The van der Waals surface area contributed by atoms with E-state index in [1.165, 1.54) is 64.7 Å². The van der Waals surface area contributed by atoms with Gasteiger partial charge in [0.15, 0.2) is 0 Å². The van der Waals surface area contributed by atoms with E-state index in [0.717, 1.165) is 0 Å². The fourth-order valence-corrected chi connectivity index (χ4v) is 2.26. The molecule has 0 aliphatic carbocycles. The lowest BCUT2D eigenvalue weighted by molar-refractivity contribution is 0.226. The molecule has 0 spiro atoms. The summed E-state index contributed by atoms with van der Waals surface area (Å²) in [6.07, 6.45) is 8.26. The van der Waals surface area contributed by atoms with Gasteiger partial charge in [-0.2, -0.15) is 0 Å². The first-order valence-corrected chi connectivity index (χ1v) is 6.78. The maximum Gasteiger partial charge on any atom is 0.0107 e. The molecule has 1 aliphatic heterocycles. The zero-order valence-electron chi connectivity index (χ0n) is 10.6. The van der Waals surface area contributed by atoms with E-state index < -0.39 is 0 Å². The first-order chi connectivity index (χ1) is 7.33. The predicted molar refractivity (Wildman–Crippen MR) is 67.3 cm³/mol. The Morgan fingerprint density at radius 1 is 1.20 bits per heavy atom. The summed E-state index contributed by atoms with van der Waals surface area (Å²) in [7, 11) is 0. The molecule has 2 nitrogen and oxygen atoms in total. The normalized spacial score (nSPS) is 20.4. The molecule has 90 valence electrons. The zero-order chi connectivity index (χ0) is 10.9. The number of nitrogens with one attached hydrogen (secondary N) is 1. The van der Waals surface area contributed by atoms with Crippen LogP contribution in [0.25, 0.3) is 0 Å². The highest BCUT2D eigenvalue weighted by molar-refractivity contribution is 4.67. The Balaban J connectivity index is 1.94. The molecule has 1 atom stereocenters. The van der Waals surface area contributed by atoms with Gasteiger partial charge in [-0.05, 0) is 39.3 Å². The first-order valence-electron chi connectivity index (χ1n) is 6.78. The lowest BCUT2D eigenvalue weighted by atomic mass is 10.1. The maximum atomic E-state index is 3.62. The van der Waals surface area contributed by atoms with Crippen LogP contribution in [0.15, 0.2) is 0 Å². The molecule has 0 aromatic rings. The Labute approximate surface area is 95.4 Å². The van der Waals surface area contributed by atoms with Crippen LogP contribution in [-0.2, 0) is 0 Å². The lowest BCUT2D eigenvalue weighted by Gasteiger charge is -2.27. The minimum atomic E-state index is 0.703. The molecule has 1 rings (SSSR count). The van der Waals surface area contributed by atoms with E-state index in [1.807, 2.05) is 0 Å². The molecule has 0 radical (unpaired) electrons. The maximum absolute atomic E-state index is 3.62. The molecule has 0 amide bonds. The number of unbranched alkanes of at least 4 members (excludes halogenated alkanes) is 1. The van der Waals surface area contributed by atoms with E-state index in [2.05, 4.69) is 24.1 Å². The SMILES string of the molecule is CCCCC(C)NCCN1CCCCC1. The molecule has 0 bridgehead atoms. The summed E-state index contributed by atoms with van der Waals surface area (Å²) < 4.78 is 0. The van der Waals surface area contributed by atoms with Gasteiger partial charge in [-0.25, -0.2) is 0 Å². The standard InChI is InChI=1S/C13H28N2/c1-3-4-8-13(2)14-9-12-15-10-6-5-7-11-15/h13-14H,3-12H2,1-2H3. The summed E-state index contributed by atoms with van der Waals surface area (Å²) in [5, 5.41) is 3.62. The van der Waals surface area contributed by atoms with E-state index in [4.69, 9.17) is 0 Å². The van der Waals surface area contributed by atoms with Gasteiger partial charge >= 0.3 is 0 Å². The van der Waals surface area contributed by atoms with Gasteiger partial charge in [-0.15, -0.1) is 0 Å². The van der Waals surface area contributed by atoms with Crippen molar-refractivity contribution in [3.8, 4) is 0 Å². The van der Waals surface area contributed by atoms with Crippen molar-refractivity contribution < 1.29 is 0 Å². The third-order valence-electron chi connectivity index (χ3n) is 3.36. The third-order valence-corrected chi connectivity index (χ3v) is 3.36. The highest BCUT2D eigenvalue weighted by Crippen LogP contribution is 2.07. The molecular weight excluding hydrogens is 184 g/mol. The van der Waals surface area contributed by atoms with E-state index in [-0.39, 0.29) is 0 Å². The van der Waals surface area contributed by atoms with Gasteiger partial charge in [-0.1, -0.05) is 26.2 Å². The van der Waals surface area contributed by atoms with E-state index in [1.54, 1.807) is 0 Å². The molecule has 1 N–H and O–H groups in total. The summed E-state index contributed by atoms with van der Waals surface area (Å²) in [5.74, 6) is 0. The number of rotatable bonds is 7. The molecule has 1 aliphatic rings. The van der Waals surface area contributed by atoms with Crippen LogP contribution in [0.3, 0.4) is 0 Å². The number of piperidine rings is 1. The Kier molecular flexibility index (Phi) is 7.03. The first kappa shape index (κ1) is 13.0. The smallest absolute Gasteiger partial charge is 0.0107 e. The molecular formula is C13H28N2. The van der Waals surface area contributed by atoms with Crippen molar-refractivity contribution in [2.75, 3.05) is 26.2 Å². The van der Waals surface area contributed by atoms with Crippen molar-refractivity contribution in [1.82, 2.24) is 10.2 Å². The van der Waals surface area contributed by atoms with Crippen LogP contribution < -0.4 is 5.32 Å². The van der Waals surface area contributed by atoms with Crippen LogP contribution in [0.2, 0.25) is 0 Å². The Morgan fingerprint density at radius 2 is 1.93 bits per heavy atom. The Bertz CT molecular complexity index is 141. The molecule has 2 heteroatoms. The predicted octanol–water partition coefficient (Wildman–Crippen LogP) is 2.64. The molecule has 0 saturated carbocycles. The van der Waals surface area contributed by atoms with Crippen LogP contribution in [0.5, 0.6) is 0 Å². The van der Waals surface area contributed by atoms with Crippen molar-refractivity contribution in [2.24, 2.45) is 0 Å². The van der Waals surface area contributed by atoms with E-state index >= 15 is 0 Å². The van der Waals surface area contributed by atoms with Gasteiger partial charge in [-0.3, -0.25) is 0 Å². The van der Waals surface area contributed by atoms with Crippen LogP contribution in [-0.4, -0.2) is 37.1 Å². The topological polar surface area (TPSA) is 15.3 Å². The average Bonchev–Trinajstić information content (AvgIpc) is 2.28. The summed E-state index contributed by atoms with van der Waals surface area (Å²) in [6, 6.07) is 0.703. The Hall–Kier alpha value is -0.0800. The number of hydrogen-bond donors (Lipinski definition) is 1. The highest BCUT2D eigenvalue weighted by Gasteiger charge is 2.09. The van der Waals surface area contributed by atoms with Crippen molar-refractivity contribution >= 4 is 0 Å². The van der Waals surface area contributed by atoms with Crippen LogP contribution in [0.1, 0.15) is 52.4 Å². The largest absolute Gasteiger partial charge is 0.313 e. The fraction of sp³-hybridized carbons (Fsp3) is 1.00. The summed E-state index contributed by atoms with van der Waals surface area (Å²) in [6.45, 7) is 9.64. The number of likely N-dealkylation sites (tertiary alicyclic amines) is 1. The van der Waals surface area contributed by atoms with Crippen molar-refractivity contribution in [1.29, 1.82) is 0 Å². The molecule has 1 heterocycles. The monoisotopic (exact) mass is 212 g/mol. The second-order valence-corrected chi connectivity index (χ2v) is 4.90. The minimum Gasteiger partial charge on any atom is -0.313 e. The van der Waals surface area contributed by atoms with Gasteiger partial charge < -0.3 is 10.2 Å². The summed E-state index contributed by atoms with van der Waals surface area (Å²) >= 11 is 0. The molecule has 0 aromatic carbocycles. The van der Waals surface area contributed by atoms with E-state index in [0.29, 0.717) is 6.04 Å². The molecule has 1 saturated heterocycles.